The molecule has 0 amide bonds. The fraction of sp³-hybridized carbons (Fsp3) is 0.857. The molecule has 5 nitrogen and oxygen atoms in total. The van der Waals surface area contributed by atoms with Crippen molar-refractivity contribution < 1.29 is 17.9 Å². The fourth-order valence-electron chi connectivity index (χ4n) is 0.712. The number of ether oxygens (including phenoxy) is 1. The van der Waals surface area contributed by atoms with Crippen molar-refractivity contribution in [1.82, 2.24) is 4.72 Å². The van der Waals surface area contributed by atoms with Crippen LogP contribution in [-0.4, -0.2) is 33.8 Å². The molecular weight excluding hydrogens is 194 g/mol. The van der Waals surface area contributed by atoms with E-state index in [1.807, 2.05) is 0 Å². The molecule has 0 aliphatic rings. The van der Waals surface area contributed by atoms with Crippen molar-refractivity contribution in [3.05, 3.63) is 0 Å². The summed E-state index contributed by atoms with van der Waals surface area (Å²) in [5.74, 6) is -0.262. The molecule has 78 valence electrons. The smallest absolute Gasteiger partial charge is 0.302 e. The molecule has 0 bridgehead atoms. The molecule has 0 aromatic rings. The molecule has 0 aromatic carbocycles. The monoisotopic (exact) mass is 209 g/mol. The van der Waals surface area contributed by atoms with Gasteiger partial charge >= 0.3 is 5.97 Å². The third-order valence-corrected chi connectivity index (χ3v) is 2.87. The Kier molecular flexibility index (Phi) is 5.65. The predicted octanol–water partition coefficient (Wildman–Crippen LogP) is -0.121. The highest BCUT2D eigenvalue weighted by Crippen LogP contribution is 1.94. The number of hydrogen-bond donors (Lipinski definition) is 1. The van der Waals surface area contributed by atoms with Gasteiger partial charge in [0.2, 0.25) is 10.0 Å². The van der Waals surface area contributed by atoms with Crippen LogP contribution in [0.4, 0.5) is 0 Å². The normalized spacial score (nSPS) is 11.2. The standard InChI is InChI=1S/C7H15NO4S/c1-7(9)12-5-3-4-6-13(10,11)8-2/h8H,3-6H2,1-2H3. The summed E-state index contributed by atoms with van der Waals surface area (Å²) in [6.07, 6.45) is 1.07. The van der Waals surface area contributed by atoms with E-state index in [1.165, 1.54) is 14.0 Å². The first-order valence-corrected chi connectivity index (χ1v) is 5.68. The Morgan fingerprint density at radius 2 is 2.00 bits per heavy atom. The molecule has 0 aliphatic heterocycles. The van der Waals surface area contributed by atoms with Crippen LogP contribution in [0.3, 0.4) is 0 Å². The third kappa shape index (κ3) is 7.73. The van der Waals surface area contributed by atoms with E-state index < -0.39 is 10.0 Å². The molecular formula is C7H15NO4S. The number of hydrogen-bond acceptors (Lipinski definition) is 4. The number of carbonyl (C=O) groups excluding carboxylic acids is 1. The second-order valence-electron chi connectivity index (χ2n) is 2.57. The van der Waals surface area contributed by atoms with Crippen molar-refractivity contribution in [2.75, 3.05) is 19.4 Å². The van der Waals surface area contributed by atoms with Gasteiger partial charge in [0.25, 0.3) is 0 Å². The Morgan fingerprint density at radius 3 is 2.46 bits per heavy atom. The highest BCUT2D eigenvalue weighted by atomic mass is 32.2. The first kappa shape index (κ1) is 12.4. The maximum absolute atomic E-state index is 10.9. The van der Waals surface area contributed by atoms with Crippen molar-refractivity contribution in [3.63, 3.8) is 0 Å². The van der Waals surface area contributed by atoms with E-state index in [0.29, 0.717) is 12.8 Å². The molecule has 0 heterocycles. The Balaban J connectivity index is 3.42. The summed E-state index contributed by atoms with van der Waals surface area (Å²) >= 11 is 0. The molecule has 0 unspecified atom stereocenters. The van der Waals surface area contributed by atoms with Gasteiger partial charge in [0, 0.05) is 6.92 Å². The Hall–Kier alpha value is -0.620. The molecule has 0 atom stereocenters. The van der Waals surface area contributed by atoms with Crippen molar-refractivity contribution in [2.45, 2.75) is 19.8 Å². The fourth-order valence-corrected chi connectivity index (χ4v) is 1.50. The molecule has 6 heteroatoms. The molecule has 0 rings (SSSR count). The van der Waals surface area contributed by atoms with Crippen LogP contribution < -0.4 is 4.72 Å². The van der Waals surface area contributed by atoms with Crippen LogP contribution >= 0.6 is 0 Å². The first-order chi connectivity index (χ1) is 5.98. The zero-order valence-electron chi connectivity index (χ0n) is 7.87. The van der Waals surface area contributed by atoms with E-state index in [4.69, 9.17) is 0 Å². The average Bonchev–Trinajstić information content (AvgIpc) is 2.03. The molecule has 0 spiro atoms. The van der Waals surface area contributed by atoms with Gasteiger partial charge in [-0.2, -0.15) is 0 Å². The second-order valence-corrected chi connectivity index (χ2v) is 4.62. The van der Waals surface area contributed by atoms with Gasteiger partial charge in [0.15, 0.2) is 0 Å². The highest BCUT2D eigenvalue weighted by molar-refractivity contribution is 7.89. The Labute approximate surface area is 78.5 Å². The van der Waals surface area contributed by atoms with Crippen LogP contribution in [0.15, 0.2) is 0 Å². The Bertz CT molecular complexity index is 247. The van der Waals surface area contributed by atoms with Crippen molar-refractivity contribution in [2.24, 2.45) is 0 Å². The minimum absolute atomic E-state index is 0.0742. The molecule has 0 aliphatic carbocycles. The molecule has 13 heavy (non-hydrogen) atoms. The minimum Gasteiger partial charge on any atom is -0.466 e. The Morgan fingerprint density at radius 1 is 1.38 bits per heavy atom. The maximum atomic E-state index is 10.9. The third-order valence-electron chi connectivity index (χ3n) is 1.42. The summed E-state index contributed by atoms with van der Waals surface area (Å²) in [5, 5.41) is 0. The summed E-state index contributed by atoms with van der Waals surface area (Å²) in [6, 6.07) is 0. The van der Waals surface area contributed by atoms with Gasteiger partial charge in [-0.25, -0.2) is 13.1 Å². The zero-order valence-corrected chi connectivity index (χ0v) is 8.69. The highest BCUT2D eigenvalue weighted by Gasteiger charge is 2.05. The number of carbonyl (C=O) groups is 1. The summed E-state index contributed by atoms with van der Waals surface area (Å²) in [4.78, 5) is 10.3. The van der Waals surface area contributed by atoms with Gasteiger partial charge in [0.1, 0.15) is 0 Å². The van der Waals surface area contributed by atoms with E-state index in [9.17, 15) is 13.2 Å². The summed E-state index contributed by atoms with van der Waals surface area (Å²) in [5.41, 5.74) is 0. The lowest BCUT2D eigenvalue weighted by molar-refractivity contribution is -0.141. The summed E-state index contributed by atoms with van der Waals surface area (Å²) in [6.45, 7) is 1.61. The van der Waals surface area contributed by atoms with Crippen LogP contribution in [0.1, 0.15) is 19.8 Å². The quantitative estimate of drug-likeness (QED) is 0.489. The predicted molar refractivity (Wildman–Crippen MR) is 48.7 cm³/mol. The van der Waals surface area contributed by atoms with Crippen LogP contribution in [-0.2, 0) is 19.6 Å². The summed E-state index contributed by atoms with van der Waals surface area (Å²) in [7, 11) is -1.73. The van der Waals surface area contributed by atoms with Crippen LogP contribution in [0, 0.1) is 0 Å². The molecule has 0 fully saturated rings. The zero-order chi connectivity index (χ0) is 10.3. The number of unbranched alkanes of at least 4 members (excludes halogenated alkanes) is 1. The average molecular weight is 209 g/mol. The van der Waals surface area contributed by atoms with Crippen molar-refractivity contribution >= 4 is 16.0 Å². The molecule has 1 N–H and O–H groups in total. The van der Waals surface area contributed by atoms with Crippen LogP contribution in [0.25, 0.3) is 0 Å². The largest absolute Gasteiger partial charge is 0.466 e. The van der Waals surface area contributed by atoms with E-state index >= 15 is 0 Å². The van der Waals surface area contributed by atoms with E-state index in [0.717, 1.165) is 0 Å². The van der Waals surface area contributed by atoms with E-state index in [-0.39, 0.29) is 18.3 Å². The van der Waals surface area contributed by atoms with Gasteiger partial charge in [-0.05, 0) is 19.9 Å². The van der Waals surface area contributed by atoms with E-state index in [1.54, 1.807) is 0 Å². The number of nitrogens with one attached hydrogen (secondary N) is 1. The summed E-state index contributed by atoms with van der Waals surface area (Å²) < 4.78 is 28.6. The van der Waals surface area contributed by atoms with Gasteiger partial charge < -0.3 is 4.74 Å². The number of esters is 1. The van der Waals surface area contributed by atoms with Crippen molar-refractivity contribution in [1.29, 1.82) is 0 Å². The first-order valence-electron chi connectivity index (χ1n) is 4.02. The molecule has 0 radical (unpaired) electrons. The number of sulfonamides is 1. The van der Waals surface area contributed by atoms with Crippen molar-refractivity contribution in [3.8, 4) is 0 Å². The maximum Gasteiger partial charge on any atom is 0.302 e. The topological polar surface area (TPSA) is 72.5 Å². The molecule has 0 saturated heterocycles. The molecule has 0 aromatic heterocycles. The van der Waals surface area contributed by atoms with Gasteiger partial charge in [-0.15, -0.1) is 0 Å². The minimum atomic E-state index is -3.11. The van der Waals surface area contributed by atoms with Gasteiger partial charge in [0.05, 0.1) is 12.4 Å². The lowest BCUT2D eigenvalue weighted by Gasteiger charge is -2.02. The lowest BCUT2D eigenvalue weighted by atomic mass is 10.4. The van der Waals surface area contributed by atoms with Gasteiger partial charge in [-0.1, -0.05) is 0 Å². The second kappa shape index (κ2) is 5.93. The van der Waals surface area contributed by atoms with Gasteiger partial charge in [-0.3, -0.25) is 4.79 Å². The SMILES string of the molecule is CNS(=O)(=O)CCCCOC(C)=O. The molecule has 0 saturated carbocycles. The lowest BCUT2D eigenvalue weighted by Crippen LogP contribution is -2.22. The van der Waals surface area contributed by atoms with Crippen LogP contribution in [0.5, 0.6) is 0 Å². The van der Waals surface area contributed by atoms with E-state index in [2.05, 4.69) is 9.46 Å². The van der Waals surface area contributed by atoms with Crippen LogP contribution in [0.2, 0.25) is 0 Å². The number of rotatable bonds is 6.